The van der Waals surface area contributed by atoms with Crippen molar-refractivity contribution in [3.63, 3.8) is 0 Å². The number of oxime groups is 1. The Morgan fingerprint density at radius 3 is 2.88 bits per heavy atom. The van der Waals surface area contributed by atoms with E-state index < -0.39 is 0 Å². The summed E-state index contributed by atoms with van der Waals surface area (Å²) in [5.41, 5.74) is 6.03. The zero-order valence-electron chi connectivity index (χ0n) is 8.97. The van der Waals surface area contributed by atoms with E-state index in [0.717, 1.165) is 5.03 Å². The molecule has 1 saturated carbocycles. The minimum Gasteiger partial charge on any atom is -0.409 e. The average molecular weight is 237 g/mol. The van der Waals surface area contributed by atoms with Gasteiger partial charge in [0.1, 0.15) is 5.69 Å². The predicted molar refractivity (Wildman–Crippen MR) is 64.9 cm³/mol. The lowest BCUT2D eigenvalue weighted by atomic mass is 10.3. The average Bonchev–Trinajstić information content (AvgIpc) is 2.81. The highest BCUT2D eigenvalue weighted by molar-refractivity contribution is 7.99. The molecule has 16 heavy (non-hydrogen) atoms. The summed E-state index contributed by atoms with van der Waals surface area (Å²) in [5.74, 6) is 0.0638. The van der Waals surface area contributed by atoms with Crippen LogP contribution in [0.1, 0.15) is 31.4 Å². The van der Waals surface area contributed by atoms with Crippen molar-refractivity contribution in [1.82, 2.24) is 4.98 Å². The van der Waals surface area contributed by atoms with E-state index in [2.05, 4.69) is 10.1 Å². The molecule has 0 aromatic carbocycles. The molecular formula is C11H15N3OS. The number of rotatable bonds is 3. The maximum absolute atomic E-state index is 8.58. The minimum atomic E-state index is 0.0638. The Morgan fingerprint density at radius 1 is 1.44 bits per heavy atom. The van der Waals surface area contributed by atoms with Crippen LogP contribution in [0.15, 0.2) is 28.4 Å². The quantitative estimate of drug-likeness (QED) is 0.366. The lowest BCUT2D eigenvalue weighted by Crippen LogP contribution is -2.15. The van der Waals surface area contributed by atoms with Crippen molar-refractivity contribution in [3.8, 4) is 0 Å². The third-order valence-corrected chi connectivity index (χ3v) is 3.96. The van der Waals surface area contributed by atoms with E-state index in [1.807, 2.05) is 12.1 Å². The van der Waals surface area contributed by atoms with E-state index in [1.165, 1.54) is 25.7 Å². The number of hydrogen-bond donors (Lipinski definition) is 2. The molecule has 4 nitrogen and oxygen atoms in total. The van der Waals surface area contributed by atoms with Crippen LogP contribution in [0.2, 0.25) is 0 Å². The molecule has 86 valence electrons. The van der Waals surface area contributed by atoms with Crippen molar-refractivity contribution in [3.05, 3.63) is 23.9 Å². The smallest absolute Gasteiger partial charge is 0.188 e. The molecule has 2 rings (SSSR count). The topological polar surface area (TPSA) is 71.5 Å². The highest BCUT2D eigenvalue weighted by Gasteiger charge is 2.16. The van der Waals surface area contributed by atoms with Gasteiger partial charge in [0.15, 0.2) is 5.84 Å². The summed E-state index contributed by atoms with van der Waals surface area (Å²) in [6.45, 7) is 0. The number of amidine groups is 1. The molecule has 1 aromatic heterocycles. The molecule has 1 aromatic rings. The fourth-order valence-corrected chi connectivity index (χ4v) is 3.07. The van der Waals surface area contributed by atoms with Gasteiger partial charge in [-0.1, -0.05) is 24.1 Å². The highest BCUT2D eigenvalue weighted by atomic mass is 32.2. The van der Waals surface area contributed by atoms with Crippen LogP contribution in [0, 0.1) is 0 Å². The summed E-state index contributed by atoms with van der Waals surface area (Å²) in [6, 6.07) is 5.60. The van der Waals surface area contributed by atoms with Crippen LogP contribution in [0.5, 0.6) is 0 Å². The van der Waals surface area contributed by atoms with Crippen molar-refractivity contribution in [1.29, 1.82) is 0 Å². The zero-order valence-corrected chi connectivity index (χ0v) is 9.78. The van der Waals surface area contributed by atoms with Crippen molar-refractivity contribution in [2.24, 2.45) is 10.9 Å². The molecule has 1 heterocycles. The van der Waals surface area contributed by atoms with Crippen LogP contribution in [-0.4, -0.2) is 21.3 Å². The normalized spacial score (nSPS) is 17.9. The second kappa shape index (κ2) is 5.21. The van der Waals surface area contributed by atoms with Gasteiger partial charge in [0.05, 0.1) is 5.03 Å². The molecule has 0 saturated heterocycles. The second-order valence-electron chi connectivity index (χ2n) is 3.87. The number of aromatic nitrogens is 1. The largest absolute Gasteiger partial charge is 0.409 e. The summed E-state index contributed by atoms with van der Waals surface area (Å²) < 4.78 is 0. The van der Waals surface area contributed by atoms with Crippen molar-refractivity contribution in [2.45, 2.75) is 36.0 Å². The summed E-state index contributed by atoms with van der Waals surface area (Å²) in [7, 11) is 0. The predicted octanol–water partition coefficient (Wildman–Crippen LogP) is 2.21. The van der Waals surface area contributed by atoms with Gasteiger partial charge in [0, 0.05) is 5.25 Å². The number of nitrogens with two attached hydrogens (primary N) is 1. The summed E-state index contributed by atoms with van der Waals surface area (Å²) in [6.07, 6.45) is 5.16. The molecule has 0 unspecified atom stereocenters. The molecule has 1 fully saturated rings. The van der Waals surface area contributed by atoms with Crippen molar-refractivity contribution < 1.29 is 5.21 Å². The minimum absolute atomic E-state index is 0.0638. The number of thioether (sulfide) groups is 1. The summed E-state index contributed by atoms with van der Waals surface area (Å²) in [4.78, 5) is 4.35. The number of nitrogens with zero attached hydrogens (tertiary/aromatic N) is 2. The lowest BCUT2D eigenvalue weighted by Gasteiger charge is -2.08. The molecule has 0 radical (unpaired) electrons. The first kappa shape index (κ1) is 11.3. The lowest BCUT2D eigenvalue weighted by molar-refractivity contribution is 0.318. The van der Waals surface area contributed by atoms with Crippen LogP contribution < -0.4 is 5.73 Å². The Labute approximate surface area is 98.9 Å². The van der Waals surface area contributed by atoms with Gasteiger partial charge in [-0.15, -0.1) is 11.8 Å². The van der Waals surface area contributed by atoms with Gasteiger partial charge in [-0.3, -0.25) is 0 Å². The molecule has 1 aliphatic rings. The monoisotopic (exact) mass is 237 g/mol. The molecule has 5 heteroatoms. The standard InChI is InChI=1S/C11H15N3OS/c12-11(14-15)9-6-3-7-10(13-9)16-8-4-1-2-5-8/h3,6-8,15H,1-2,4-5H2,(H2,12,14). The van der Waals surface area contributed by atoms with Crippen LogP contribution in [0.25, 0.3) is 0 Å². The van der Waals surface area contributed by atoms with Gasteiger partial charge in [0.2, 0.25) is 0 Å². The molecule has 0 spiro atoms. The maximum Gasteiger partial charge on any atom is 0.188 e. The Kier molecular flexibility index (Phi) is 3.66. The van der Waals surface area contributed by atoms with Gasteiger partial charge < -0.3 is 10.9 Å². The Balaban J connectivity index is 2.09. The van der Waals surface area contributed by atoms with E-state index in [0.29, 0.717) is 10.9 Å². The zero-order chi connectivity index (χ0) is 11.4. The summed E-state index contributed by atoms with van der Waals surface area (Å²) in [5, 5.41) is 13.2. The fourth-order valence-electron chi connectivity index (χ4n) is 1.85. The van der Waals surface area contributed by atoms with Gasteiger partial charge in [0.25, 0.3) is 0 Å². The van der Waals surface area contributed by atoms with Gasteiger partial charge in [-0.25, -0.2) is 4.98 Å². The van der Waals surface area contributed by atoms with Gasteiger partial charge in [-0.05, 0) is 25.0 Å². The second-order valence-corrected chi connectivity index (χ2v) is 5.19. The Hall–Kier alpha value is -1.23. The molecule has 0 bridgehead atoms. The van der Waals surface area contributed by atoms with E-state index in [4.69, 9.17) is 10.9 Å². The maximum atomic E-state index is 8.58. The van der Waals surface area contributed by atoms with E-state index in [-0.39, 0.29) is 5.84 Å². The molecule has 3 N–H and O–H groups in total. The first-order valence-corrected chi connectivity index (χ1v) is 6.29. The summed E-state index contributed by atoms with van der Waals surface area (Å²) >= 11 is 1.79. The Morgan fingerprint density at radius 2 is 2.19 bits per heavy atom. The first-order chi connectivity index (χ1) is 7.79. The molecule has 1 aliphatic carbocycles. The molecular weight excluding hydrogens is 222 g/mol. The molecule has 0 aliphatic heterocycles. The highest BCUT2D eigenvalue weighted by Crippen LogP contribution is 2.33. The number of hydrogen-bond acceptors (Lipinski definition) is 4. The van der Waals surface area contributed by atoms with Crippen LogP contribution >= 0.6 is 11.8 Å². The Bertz CT molecular complexity index is 389. The third kappa shape index (κ3) is 2.66. The van der Waals surface area contributed by atoms with Crippen molar-refractivity contribution >= 4 is 17.6 Å². The van der Waals surface area contributed by atoms with Crippen LogP contribution in [-0.2, 0) is 0 Å². The molecule has 0 amide bonds. The third-order valence-electron chi connectivity index (χ3n) is 2.68. The van der Waals surface area contributed by atoms with E-state index >= 15 is 0 Å². The number of pyridine rings is 1. The van der Waals surface area contributed by atoms with Crippen molar-refractivity contribution in [2.75, 3.05) is 0 Å². The fraction of sp³-hybridized carbons (Fsp3) is 0.455. The SMILES string of the molecule is NC(=NO)c1cccc(SC2CCCC2)n1. The van der Waals surface area contributed by atoms with Crippen LogP contribution in [0.3, 0.4) is 0 Å². The molecule has 0 atom stereocenters. The van der Waals surface area contributed by atoms with Gasteiger partial charge in [-0.2, -0.15) is 0 Å². The van der Waals surface area contributed by atoms with E-state index in [9.17, 15) is 0 Å². The van der Waals surface area contributed by atoms with Crippen LogP contribution in [0.4, 0.5) is 0 Å². The van der Waals surface area contributed by atoms with Gasteiger partial charge >= 0.3 is 0 Å². The first-order valence-electron chi connectivity index (χ1n) is 5.41. The van der Waals surface area contributed by atoms with E-state index in [1.54, 1.807) is 17.8 Å².